The zero-order chi connectivity index (χ0) is 22.5. The number of halogens is 9. The van der Waals surface area contributed by atoms with Crippen LogP contribution in [0, 0.1) is 0 Å². The summed E-state index contributed by atoms with van der Waals surface area (Å²) in [5.41, 5.74) is 0. The summed E-state index contributed by atoms with van der Waals surface area (Å²) in [6.45, 7) is 5.79. The Kier molecular flexibility index (Phi) is 19.5. The monoisotopic (exact) mass is 527 g/mol. The van der Waals surface area contributed by atoms with Gasteiger partial charge in [0.1, 0.15) is 0 Å². The van der Waals surface area contributed by atoms with E-state index in [0.29, 0.717) is 12.1 Å². The van der Waals surface area contributed by atoms with Gasteiger partial charge in [-0.05, 0) is 20.8 Å². The molecule has 0 heterocycles. The van der Waals surface area contributed by atoms with Gasteiger partial charge in [-0.2, -0.15) is 51.6 Å². The predicted octanol–water partition coefficient (Wildman–Crippen LogP) is 3.36. The van der Waals surface area contributed by atoms with Gasteiger partial charge in [-0.25, -0.2) is 12.1 Å². The van der Waals surface area contributed by atoms with E-state index >= 15 is 0 Å². The summed E-state index contributed by atoms with van der Waals surface area (Å²) in [4.78, 5) is 0. The Morgan fingerprint density at radius 1 is 0.643 bits per heavy atom. The maximum absolute atomic E-state index is 12.6. The molecule has 0 aliphatic rings. The standard InChI is InChI=1S/C8H4F9Si.3C2H6O.Zr/c9-6(10,11)18(7(12,13)14,8(15,16)17)5-3-1-2-4-5;3*1-2-3;/h1-4H;3*3H,2H2,1H3;/q-1;;;;. The van der Waals surface area contributed by atoms with Crippen LogP contribution in [0.1, 0.15) is 20.8 Å². The third-order valence-electron chi connectivity index (χ3n) is 2.37. The molecular weight excluding hydrogens is 506 g/mol. The zero-order valence-corrected chi connectivity index (χ0v) is 18.6. The minimum absolute atomic E-state index is 0. The molecule has 14 heteroatoms. The molecule has 1 aromatic carbocycles. The zero-order valence-electron chi connectivity index (χ0n) is 15.2. The van der Waals surface area contributed by atoms with E-state index in [9.17, 15) is 39.5 Å². The summed E-state index contributed by atoms with van der Waals surface area (Å²) in [5.74, 6) is -19.2. The Morgan fingerprint density at radius 3 is 0.964 bits per heavy atom. The van der Waals surface area contributed by atoms with Gasteiger partial charge in [0.05, 0.1) is 0 Å². The molecule has 0 aliphatic heterocycles. The second-order valence-electron chi connectivity index (χ2n) is 4.37. The third-order valence-corrected chi connectivity index (χ3v) is 6.12. The van der Waals surface area contributed by atoms with Crippen LogP contribution >= 0.6 is 0 Å². The molecule has 0 unspecified atom stereocenters. The summed E-state index contributed by atoms with van der Waals surface area (Å²) in [7, 11) is -7.72. The van der Waals surface area contributed by atoms with Gasteiger partial charge in [-0.3, -0.25) is 0 Å². The van der Waals surface area contributed by atoms with E-state index < -0.39 is 30.7 Å². The van der Waals surface area contributed by atoms with Crippen molar-refractivity contribution in [3.05, 3.63) is 24.3 Å². The number of hydrogen-bond donors (Lipinski definition) is 3. The van der Waals surface area contributed by atoms with Crippen molar-refractivity contribution in [2.75, 3.05) is 19.8 Å². The summed E-state index contributed by atoms with van der Waals surface area (Å²) >= 11 is 0. The molecule has 0 bridgehead atoms. The smallest absolute Gasteiger partial charge is 0.397 e. The number of aliphatic hydroxyl groups is 3. The van der Waals surface area contributed by atoms with Gasteiger partial charge in [-0.1, -0.05) is 0 Å². The second kappa shape index (κ2) is 15.5. The number of rotatable bonds is 1. The van der Waals surface area contributed by atoms with E-state index in [4.69, 9.17) is 15.3 Å². The van der Waals surface area contributed by atoms with Gasteiger partial charge >= 0.3 is 25.5 Å². The number of aliphatic hydroxyl groups excluding tert-OH is 3. The molecule has 1 aromatic rings. The van der Waals surface area contributed by atoms with E-state index in [1.165, 1.54) is 0 Å². The van der Waals surface area contributed by atoms with Gasteiger partial charge < -0.3 is 15.3 Å². The van der Waals surface area contributed by atoms with Crippen LogP contribution < -0.4 is 5.19 Å². The fourth-order valence-corrected chi connectivity index (χ4v) is 4.24. The summed E-state index contributed by atoms with van der Waals surface area (Å²) in [6, 6.07) is 1.84. The van der Waals surface area contributed by atoms with Gasteiger partial charge in [0.25, 0.3) is 0 Å². The van der Waals surface area contributed by atoms with E-state index in [2.05, 4.69) is 0 Å². The number of hydrogen-bond acceptors (Lipinski definition) is 3. The first-order chi connectivity index (χ1) is 12.1. The van der Waals surface area contributed by atoms with Gasteiger partial charge in [-0.15, -0.1) is 5.19 Å². The van der Waals surface area contributed by atoms with Crippen molar-refractivity contribution in [3.63, 3.8) is 0 Å². The molecule has 0 saturated carbocycles. The fraction of sp³-hybridized carbons (Fsp3) is 0.643. The van der Waals surface area contributed by atoms with Crippen LogP contribution in [0.25, 0.3) is 0 Å². The molecule has 3 nitrogen and oxygen atoms in total. The molecular formula is C14H22F9O3SiZr-. The Bertz CT molecular complexity index is 419. The Labute approximate surface area is 176 Å². The van der Waals surface area contributed by atoms with Crippen LogP contribution in [0.15, 0.2) is 24.3 Å². The van der Waals surface area contributed by atoms with Crippen LogP contribution in [-0.2, 0) is 26.2 Å². The van der Waals surface area contributed by atoms with E-state index in [0.717, 1.165) is 0 Å². The number of alkyl halides is 9. The maximum atomic E-state index is 12.6. The van der Waals surface area contributed by atoms with Crippen molar-refractivity contribution in [2.24, 2.45) is 0 Å². The Hall–Kier alpha value is -0.300. The molecule has 0 spiro atoms. The Morgan fingerprint density at radius 2 is 0.821 bits per heavy atom. The van der Waals surface area contributed by atoms with Crippen LogP contribution in [-0.4, -0.2) is 60.6 Å². The molecule has 28 heavy (non-hydrogen) atoms. The average molecular weight is 529 g/mol. The van der Waals surface area contributed by atoms with Crippen LogP contribution in [0.3, 0.4) is 0 Å². The quantitative estimate of drug-likeness (QED) is 0.298. The topological polar surface area (TPSA) is 60.7 Å². The van der Waals surface area contributed by atoms with Crippen LogP contribution in [0.2, 0.25) is 0 Å². The molecule has 168 valence electrons. The van der Waals surface area contributed by atoms with Gasteiger partial charge in [0.2, 0.25) is 0 Å². The summed E-state index contributed by atoms with van der Waals surface area (Å²) < 4.78 is 113. The third kappa shape index (κ3) is 9.95. The van der Waals surface area contributed by atoms with Crippen molar-refractivity contribution >= 4 is 13.3 Å². The van der Waals surface area contributed by atoms with E-state index in [1.54, 1.807) is 20.8 Å². The molecule has 0 amide bonds. The minimum Gasteiger partial charge on any atom is -0.397 e. The van der Waals surface area contributed by atoms with Gasteiger partial charge in [0.15, 0.2) is 0 Å². The largest absolute Gasteiger partial charge is 0.399 e. The van der Waals surface area contributed by atoms with E-state index in [-0.39, 0.29) is 58.2 Å². The van der Waals surface area contributed by atoms with Crippen molar-refractivity contribution in [3.8, 4) is 0 Å². The minimum atomic E-state index is -7.72. The van der Waals surface area contributed by atoms with Crippen molar-refractivity contribution in [2.45, 2.75) is 38.2 Å². The van der Waals surface area contributed by atoms with Crippen LogP contribution in [0.5, 0.6) is 0 Å². The molecule has 0 aliphatic carbocycles. The molecule has 0 radical (unpaired) electrons. The average Bonchev–Trinajstić information content (AvgIpc) is 2.90. The maximum Gasteiger partial charge on any atom is 0.399 e. The molecule has 0 atom stereocenters. The predicted molar refractivity (Wildman–Crippen MR) is 83.9 cm³/mol. The molecule has 1 rings (SSSR count). The van der Waals surface area contributed by atoms with E-state index in [1.807, 2.05) is 0 Å². The first kappa shape index (κ1) is 35.2. The first-order valence-corrected chi connectivity index (χ1v) is 9.35. The van der Waals surface area contributed by atoms with Crippen LogP contribution in [0.4, 0.5) is 39.5 Å². The summed E-state index contributed by atoms with van der Waals surface area (Å²) in [5, 5.41) is 21.0. The summed E-state index contributed by atoms with van der Waals surface area (Å²) in [6.07, 6.45) is 0. The van der Waals surface area contributed by atoms with Crippen molar-refractivity contribution in [1.29, 1.82) is 0 Å². The first-order valence-electron chi connectivity index (χ1n) is 7.35. The van der Waals surface area contributed by atoms with Crippen molar-refractivity contribution in [1.82, 2.24) is 0 Å². The SMILES string of the molecule is CCO.CCO.CCO.FC(F)(F)[Si]([c-]1cccc1)(C(F)(F)F)C(F)(F)F.[Zr]. The molecule has 0 fully saturated rings. The van der Waals surface area contributed by atoms with Gasteiger partial charge in [0, 0.05) is 46.0 Å². The molecule has 0 saturated heterocycles. The second-order valence-corrected chi connectivity index (χ2v) is 8.14. The van der Waals surface area contributed by atoms with Crippen molar-refractivity contribution < 1.29 is 81.0 Å². The molecule has 0 aromatic heterocycles. The Balaban J connectivity index is -0.000000245. The fourth-order valence-electron chi connectivity index (χ4n) is 1.60. The molecule has 3 N–H and O–H groups in total. The normalized spacial score (nSPS) is 11.5.